The first kappa shape index (κ1) is 18.4. The Bertz CT molecular complexity index is 1050. The molecule has 6 nitrogen and oxygen atoms in total. The van der Waals surface area contributed by atoms with Gasteiger partial charge in [-0.25, -0.2) is 9.18 Å². The standard InChI is InChI=1S/C21H22FN3O3/c1-11-5-6-15(10-18(11)22)19-23-20(28-24-19)14(4)27-21(26)17-9-12(2)25(13(17)3)16-7-8-16/h5-6,9-10,14,16H,7-8H2,1-4H3/t14-/m1/s1. The van der Waals surface area contributed by atoms with E-state index in [2.05, 4.69) is 14.7 Å². The number of hydrogen-bond donors (Lipinski definition) is 0. The molecule has 2 heterocycles. The maximum atomic E-state index is 13.8. The summed E-state index contributed by atoms with van der Waals surface area (Å²) in [6.45, 7) is 7.29. The number of esters is 1. The number of halogens is 1. The van der Waals surface area contributed by atoms with Crippen molar-refractivity contribution >= 4 is 5.97 Å². The summed E-state index contributed by atoms with van der Waals surface area (Å²) in [7, 11) is 0. The summed E-state index contributed by atoms with van der Waals surface area (Å²) in [5.41, 5.74) is 3.57. The van der Waals surface area contributed by atoms with Crippen molar-refractivity contribution in [3.63, 3.8) is 0 Å². The van der Waals surface area contributed by atoms with Crippen LogP contribution in [-0.4, -0.2) is 20.7 Å². The molecule has 1 aliphatic rings. The molecule has 0 N–H and O–H groups in total. The molecule has 1 aromatic carbocycles. The van der Waals surface area contributed by atoms with Gasteiger partial charge in [-0.2, -0.15) is 4.98 Å². The van der Waals surface area contributed by atoms with E-state index in [1.54, 1.807) is 26.0 Å². The molecule has 0 bridgehead atoms. The lowest BCUT2D eigenvalue weighted by atomic mass is 10.1. The van der Waals surface area contributed by atoms with Crippen LogP contribution in [0.5, 0.6) is 0 Å². The number of ether oxygens (including phenoxy) is 1. The maximum Gasteiger partial charge on any atom is 0.340 e. The van der Waals surface area contributed by atoms with Crippen molar-refractivity contribution in [2.24, 2.45) is 0 Å². The van der Waals surface area contributed by atoms with Gasteiger partial charge in [-0.05, 0) is 58.2 Å². The molecule has 2 aromatic heterocycles. The third-order valence-corrected chi connectivity index (χ3v) is 5.12. The zero-order valence-corrected chi connectivity index (χ0v) is 16.3. The second-order valence-corrected chi connectivity index (χ2v) is 7.35. The smallest absolute Gasteiger partial charge is 0.340 e. The van der Waals surface area contributed by atoms with Crippen LogP contribution in [0.3, 0.4) is 0 Å². The van der Waals surface area contributed by atoms with Crippen molar-refractivity contribution in [1.82, 2.24) is 14.7 Å². The van der Waals surface area contributed by atoms with Crippen LogP contribution >= 0.6 is 0 Å². The third-order valence-electron chi connectivity index (χ3n) is 5.12. The van der Waals surface area contributed by atoms with Crippen LogP contribution in [0.1, 0.15) is 65.1 Å². The summed E-state index contributed by atoms with van der Waals surface area (Å²) in [5.74, 6) is -0.341. The lowest BCUT2D eigenvalue weighted by Crippen LogP contribution is -2.11. The van der Waals surface area contributed by atoms with Gasteiger partial charge in [-0.15, -0.1) is 0 Å². The third kappa shape index (κ3) is 3.32. The normalized spacial score (nSPS) is 14.9. The summed E-state index contributed by atoms with van der Waals surface area (Å²) in [6, 6.07) is 7.08. The Labute approximate surface area is 162 Å². The number of rotatable bonds is 5. The van der Waals surface area contributed by atoms with E-state index in [-0.39, 0.29) is 17.5 Å². The first-order chi connectivity index (χ1) is 13.3. The molecule has 1 atom stereocenters. The van der Waals surface area contributed by atoms with Gasteiger partial charge < -0.3 is 13.8 Å². The molecule has 3 aromatic rings. The topological polar surface area (TPSA) is 70.2 Å². The molecule has 0 unspecified atom stereocenters. The van der Waals surface area contributed by atoms with E-state index in [4.69, 9.17) is 9.26 Å². The summed E-state index contributed by atoms with van der Waals surface area (Å²) in [6.07, 6.45) is 1.57. The average Bonchev–Trinajstić information content (AvgIpc) is 3.26. The van der Waals surface area contributed by atoms with Crippen molar-refractivity contribution in [2.45, 2.75) is 52.7 Å². The molecule has 146 valence electrons. The molecular formula is C21H22FN3O3. The van der Waals surface area contributed by atoms with Gasteiger partial charge in [0.2, 0.25) is 5.82 Å². The van der Waals surface area contributed by atoms with E-state index >= 15 is 0 Å². The SMILES string of the molecule is Cc1ccc(-c2noc([C@@H](C)OC(=O)c3cc(C)n(C4CC4)c3C)n2)cc1F. The van der Waals surface area contributed by atoms with Crippen molar-refractivity contribution in [1.29, 1.82) is 0 Å². The summed E-state index contributed by atoms with van der Waals surface area (Å²) >= 11 is 0. The van der Waals surface area contributed by atoms with Crippen LogP contribution in [0.2, 0.25) is 0 Å². The highest BCUT2D eigenvalue weighted by Crippen LogP contribution is 2.38. The molecule has 1 saturated carbocycles. The summed E-state index contributed by atoms with van der Waals surface area (Å²) in [5, 5.41) is 3.88. The number of benzene rings is 1. The molecule has 0 radical (unpaired) electrons. The molecular weight excluding hydrogens is 361 g/mol. The Balaban J connectivity index is 1.50. The van der Waals surface area contributed by atoms with Crippen LogP contribution < -0.4 is 0 Å². The Morgan fingerprint density at radius 1 is 1.29 bits per heavy atom. The second-order valence-electron chi connectivity index (χ2n) is 7.35. The fourth-order valence-electron chi connectivity index (χ4n) is 3.40. The number of carbonyl (C=O) groups is 1. The highest BCUT2D eigenvalue weighted by Gasteiger charge is 2.29. The predicted octanol–water partition coefficient (Wildman–Crippen LogP) is 4.86. The Hall–Kier alpha value is -2.96. The minimum atomic E-state index is -0.715. The maximum absolute atomic E-state index is 13.8. The molecule has 1 fully saturated rings. The van der Waals surface area contributed by atoms with E-state index in [1.165, 1.54) is 6.07 Å². The van der Waals surface area contributed by atoms with E-state index in [1.807, 2.05) is 19.9 Å². The van der Waals surface area contributed by atoms with Gasteiger partial charge in [0.05, 0.1) is 5.56 Å². The molecule has 28 heavy (non-hydrogen) atoms. The summed E-state index contributed by atoms with van der Waals surface area (Å²) < 4.78 is 26.7. The summed E-state index contributed by atoms with van der Waals surface area (Å²) in [4.78, 5) is 16.9. The lowest BCUT2D eigenvalue weighted by Gasteiger charge is -2.10. The van der Waals surface area contributed by atoms with Crippen LogP contribution in [0.4, 0.5) is 4.39 Å². The van der Waals surface area contributed by atoms with Crippen LogP contribution in [-0.2, 0) is 4.74 Å². The predicted molar refractivity (Wildman–Crippen MR) is 100 cm³/mol. The Morgan fingerprint density at radius 3 is 2.71 bits per heavy atom. The molecule has 1 aliphatic carbocycles. The number of nitrogens with zero attached hydrogens (tertiary/aromatic N) is 3. The van der Waals surface area contributed by atoms with Crippen LogP contribution in [0.25, 0.3) is 11.4 Å². The van der Waals surface area contributed by atoms with Gasteiger partial charge in [0, 0.05) is 23.0 Å². The molecule has 0 spiro atoms. The number of aromatic nitrogens is 3. The van der Waals surface area contributed by atoms with Gasteiger partial charge >= 0.3 is 5.97 Å². The van der Waals surface area contributed by atoms with E-state index in [0.717, 1.165) is 24.2 Å². The minimum Gasteiger partial charge on any atom is -0.449 e. The van der Waals surface area contributed by atoms with Crippen LogP contribution in [0, 0.1) is 26.6 Å². The molecule has 0 saturated heterocycles. The number of aryl methyl sites for hydroxylation is 2. The molecule has 0 amide bonds. The van der Waals surface area contributed by atoms with Crippen LogP contribution in [0.15, 0.2) is 28.8 Å². The van der Waals surface area contributed by atoms with Gasteiger partial charge in [0.1, 0.15) is 5.82 Å². The number of hydrogen-bond acceptors (Lipinski definition) is 5. The average molecular weight is 383 g/mol. The zero-order chi connectivity index (χ0) is 20.0. The van der Waals surface area contributed by atoms with Crippen molar-refractivity contribution in [3.8, 4) is 11.4 Å². The minimum absolute atomic E-state index is 0.167. The fourth-order valence-corrected chi connectivity index (χ4v) is 3.40. The highest BCUT2D eigenvalue weighted by molar-refractivity contribution is 5.91. The van der Waals surface area contributed by atoms with Gasteiger partial charge in [0.15, 0.2) is 6.10 Å². The van der Waals surface area contributed by atoms with Crippen molar-refractivity contribution in [2.75, 3.05) is 0 Å². The van der Waals surface area contributed by atoms with Crippen molar-refractivity contribution < 1.29 is 18.4 Å². The molecule has 0 aliphatic heterocycles. The van der Waals surface area contributed by atoms with Gasteiger partial charge in [-0.3, -0.25) is 0 Å². The Morgan fingerprint density at radius 2 is 2.04 bits per heavy atom. The fraction of sp³-hybridized carbons (Fsp3) is 0.381. The van der Waals surface area contributed by atoms with E-state index < -0.39 is 12.1 Å². The first-order valence-electron chi connectivity index (χ1n) is 9.34. The van der Waals surface area contributed by atoms with Crippen molar-refractivity contribution in [3.05, 3.63) is 58.5 Å². The van der Waals surface area contributed by atoms with Gasteiger partial charge in [0.25, 0.3) is 5.89 Å². The number of carbonyl (C=O) groups excluding carboxylic acids is 1. The largest absolute Gasteiger partial charge is 0.449 e. The van der Waals surface area contributed by atoms with E-state index in [0.29, 0.717) is 22.7 Å². The molecule has 7 heteroatoms. The lowest BCUT2D eigenvalue weighted by molar-refractivity contribution is 0.0264. The monoisotopic (exact) mass is 383 g/mol. The quantitative estimate of drug-likeness (QED) is 0.589. The Kier molecular flexibility index (Phi) is 4.53. The molecule has 4 rings (SSSR count). The first-order valence-corrected chi connectivity index (χ1v) is 9.34. The van der Waals surface area contributed by atoms with E-state index in [9.17, 15) is 9.18 Å². The highest BCUT2D eigenvalue weighted by atomic mass is 19.1. The van der Waals surface area contributed by atoms with Gasteiger partial charge in [-0.1, -0.05) is 17.3 Å². The second kappa shape index (κ2) is 6.89. The zero-order valence-electron chi connectivity index (χ0n) is 16.3.